The lowest BCUT2D eigenvalue weighted by Crippen LogP contribution is -2.26. The Hall–Kier alpha value is -1.94. The molecule has 1 unspecified atom stereocenters. The van der Waals surface area contributed by atoms with E-state index in [1.54, 1.807) is 32.9 Å². The summed E-state index contributed by atoms with van der Waals surface area (Å²) in [5.74, 6) is -0.902. The average molecular weight is 290 g/mol. The van der Waals surface area contributed by atoms with Gasteiger partial charge >= 0.3 is 5.97 Å². The van der Waals surface area contributed by atoms with Gasteiger partial charge in [-0.15, -0.1) is 0 Å². The number of carbonyl (C=O) groups excluding carboxylic acids is 2. The van der Waals surface area contributed by atoms with Gasteiger partial charge in [0.2, 0.25) is 0 Å². The standard InChI is InChI=1S/C17H22O4/c1-17(2,3)21-16(20)12-15(19)11-14(18)10-9-13-7-5-4-6-8-13/h4-10,14,18H,11-12H2,1-3H3/b10-9+. The van der Waals surface area contributed by atoms with Crippen molar-refractivity contribution >= 4 is 17.8 Å². The summed E-state index contributed by atoms with van der Waals surface area (Å²) < 4.78 is 5.06. The molecule has 0 bridgehead atoms. The van der Waals surface area contributed by atoms with Crippen molar-refractivity contribution < 1.29 is 19.4 Å². The lowest BCUT2D eigenvalue weighted by molar-refractivity contribution is -0.156. The molecule has 0 amide bonds. The van der Waals surface area contributed by atoms with Crippen LogP contribution >= 0.6 is 0 Å². The molecule has 114 valence electrons. The molecule has 21 heavy (non-hydrogen) atoms. The number of hydrogen-bond acceptors (Lipinski definition) is 4. The van der Waals surface area contributed by atoms with Crippen LogP contribution in [0.1, 0.15) is 39.2 Å². The second-order valence-corrected chi connectivity index (χ2v) is 5.84. The predicted molar refractivity (Wildman–Crippen MR) is 81.6 cm³/mol. The van der Waals surface area contributed by atoms with E-state index in [0.29, 0.717) is 0 Å². The summed E-state index contributed by atoms with van der Waals surface area (Å²) in [5.41, 5.74) is 0.333. The van der Waals surface area contributed by atoms with Crippen LogP contribution in [0.2, 0.25) is 0 Å². The van der Waals surface area contributed by atoms with E-state index in [4.69, 9.17) is 4.74 Å². The smallest absolute Gasteiger partial charge is 0.313 e. The van der Waals surface area contributed by atoms with Crippen molar-refractivity contribution in [3.63, 3.8) is 0 Å². The number of aliphatic hydroxyl groups excluding tert-OH is 1. The third-order valence-corrected chi connectivity index (χ3v) is 2.51. The molecule has 0 spiro atoms. The van der Waals surface area contributed by atoms with Gasteiger partial charge in [0.15, 0.2) is 0 Å². The Morgan fingerprint density at radius 1 is 1.24 bits per heavy atom. The van der Waals surface area contributed by atoms with Crippen molar-refractivity contribution in [1.82, 2.24) is 0 Å². The Kier molecular flexibility index (Phi) is 6.31. The van der Waals surface area contributed by atoms with E-state index >= 15 is 0 Å². The highest BCUT2D eigenvalue weighted by Crippen LogP contribution is 2.10. The van der Waals surface area contributed by atoms with Crippen LogP contribution < -0.4 is 0 Å². The van der Waals surface area contributed by atoms with Crippen molar-refractivity contribution in [3.05, 3.63) is 42.0 Å². The van der Waals surface area contributed by atoms with Gasteiger partial charge in [-0.1, -0.05) is 42.5 Å². The molecule has 4 heteroatoms. The molecule has 0 fully saturated rings. The minimum atomic E-state index is -0.903. The second kappa shape index (κ2) is 7.74. The zero-order chi connectivity index (χ0) is 15.9. The highest BCUT2D eigenvalue weighted by molar-refractivity contribution is 5.96. The van der Waals surface area contributed by atoms with Crippen LogP contribution in [-0.4, -0.2) is 28.6 Å². The second-order valence-electron chi connectivity index (χ2n) is 5.84. The maximum absolute atomic E-state index is 11.7. The summed E-state index contributed by atoms with van der Waals surface area (Å²) in [4.78, 5) is 23.2. The number of aliphatic hydroxyl groups is 1. The first kappa shape index (κ1) is 17.1. The predicted octanol–water partition coefficient (Wildman–Crippen LogP) is 2.75. The Balaban J connectivity index is 2.40. The van der Waals surface area contributed by atoms with Gasteiger partial charge < -0.3 is 9.84 Å². The molecule has 1 N–H and O–H groups in total. The van der Waals surface area contributed by atoms with Gasteiger partial charge in [-0.25, -0.2) is 0 Å². The van der Waals surface area contributed by atoms with Gasteiger partial charge in [-0.2, -0.15) is 0 Å². The molecular weight excluding hydrogens is 268 g/mol. The molecule has 1 atom stereocenters. The molecule has 1 rings (SSSR count). The number of hydrogen-bond donors (Lipinski definition) is 1. The lowest BCUT2D eigenvalue weighted by Gasteiger charge is -2.19. The minimum Gasteiger partial charge on any atom is -0.460 e. The maximum Gasteiger partial charge on any atom is 0.313 e. The molecule has 0 aromatic heterocycles. The third kappa shape index (κ3) is 8.05. The fourth-order valence-electron chi connectivity index (χ4n) is 1.70. The number of benzene rings is 1. The molecule has 4 nitrogen and oxygen atoms in total. The van der Waals surface area contributed by atoms with Gasteiger partial charge in [0.25, 0.3) is 0 Å². The van der Waals surface area contributed by atoms with Gasteiger partial charge in [-0.05, 0) is 26.3 Å². The van der Waals surface area contributed by atoms with Gasteiger partial charge in [0.1, 0.15) is 17.8 Å². The molecule has 1 aromatic carbocycles. The van der Waals surface area contributed by atoms with E-state index in [2.05, 4.69) is 0 Å². The van der Waals surface area contributed by atoms with Crippen LogP contribution in [0.15, 0.2) is 36.4 Å². The molecule has 0 aliphatic heterocycles. The van der Waals surface area contributed by atoms with Crippen LogP contribution in [0.4, 0.5) is 0 Å². The Morgan fingerprint density at radius 2 is 1.86 bits per heavy atom. The number of rotatable bonds is 6. The number of ether oxygens (including phenoxy) is 1. The van der Waals surface area contributed by atoms with E-state index in [1.165, 1.54) is 0 Å². The topological polar surface area (TPSA) is 63.6 Å². The summed E-state index contributed by atoms with van der Waals surface area (Å²) in [5, 5.41) is 9.77. The van der Waals surface area contributed by atoms with Gasteiger partial charge in [0.05, 0.1) is 6.10 Å². The average Bonchev–Trinajstić information content (AvgIpc) is 2.35. The first-order chi connectivity index (χ1) is 9.76. The van der Waals surface area contributed by atoms with Crippen molar-refractivity contribution in [3.8, 4) is 0 Å². The molecule has 0 saturated heterocycles. The van der Waals surface area contributed by atoms with Crippen LogP contribution in [-0.2, 0) is 14.3 Å². The van der Waals surface area contributed by atoms with Gasteiger partial charge in [-0.3, -0.25) is 9.59 Å². The van der Waals surface area contributed by atoms with E-state index in [1.807, 2.05) is 30.3 Å². The van der Waals surface area contributed by atoms with E-state index in [9.17, 15) is 14.7 Å². The van der Waals surface area contributed by atoms with Crippen molar-refractivity contribution in [2.24, 2.45) is 0 Å². The Bertz CT molecular complexity index is 497. The first-order valence-corrected chi connectivity index (χ1v) is 6.91. The number of esters is 1. The van der Waals surface area contributed by atoms with Crippen molar-refractivity contribution in [1.29, 1.82) is 0 Å². The maximum atomic E-state index is 11.7. The first-order valence-electron chi connectivity index (χ1n) is 6.91. The van der Waals surface area contributed by atoms with Crippen molar-refractivity contribution in [2.45, 2.75) is 45.3 Å². The Labute approximate surface area is 125 Å². The molecule has 0 aliphatic rings. The van der Waals surface area contributed by atoms with Crippen LogP contribution in [0.3, 0.4) is 0 Å². The Morgan fingerprint density at radius 3 is 2.43 bits per heavy atom. The summed E-state index contributed by atoms with van der Waals surface area (Å²) >= 11 is 0. The van der Waals surface area contributed by atoms with E-state index in [0.717, 1.165) is 5.56 Å². The lowest BCUT2D eigenvalue weighted by atomic mass is 10.1. The quantitative estimate of drug-likeness (QED) is 0.646. The summed E-state index contributed by atoms with van der Waals surface area (Å²) in [6.45, 7) is 5.23. The van der Waals surface area contributed by atoms with E-state index in [-0.39, 0.29) is 18.6 Å². The normalized spacial score (nSPS) is 13.1. The zero-order valence-electron chi connectivity index (χ0n) is 12.7. The number of ketones is 1. The van der Waals surface area contributed by atoms with Gasteiger partial charge in [0, 0.05) is 6.42 Å². The molecular formula is C17H22O4. The molecule has 0 saturated carbocycles. The van der Waals surface area contributed by atoms with Crippen LogP contribution in [0.5, 0.6) is 0 Å². The fourth-order valence-corrected chi connectivity index (χ4v) is 1.70. The molecule has 1 aromatic rings. The SMILES string of the molecule is CC(C)(C)OC(=O)CC(=O)CC(O)/C=C/c1ccccc1. The third-order valence-electron chi connectivity index (χ3n) is 2.51. The monoisotopic (exact) mass is 290 g/mol. The highest BCUT2D eigenvalue weighted by atomic mass is 16.6. The molecule has 0 heterocycles. The van der Waals surface area contributed by atoms with Crippen LogP contribution in [0.25, 0.3) is 6.08 Å². The molecule has 0 aliphatic carbocycles. The largest absolute Gasteiger partial charge is 0.460 e. The number of Topliss-reactive ketones (excluding diaryl/α,β-unsaturated/α-hetero) is 1. The minimum absolute atomic E-state index is 0.0947. The molecule has 0 radical (unpaired) electrons. The summed E-state index contributed by atoms with van der Waals surface area (Å²) in [6, 6.07) is 9.47. The highest BCUT2D eigenvalue weighted by Gasteiger charge is 2.19. The van der Waals surface area contributed by atoms with E-state index < -0.39 is 17.7 Å². The fraction of sp³-hybridized carbons (Fsp3) is 0.412. The summed E-state index contributed by atoms with van der Waals surface area (Å²) in [6.07, 6.45) is 1.98. The zero-order valence-corrected chi connectivity index (χ0v) is 12.7. The van der Waals surface area contributed by atoms with Crippen molar-refractivity contribution in [2.75, 3.05) is 0 Å². The summed E-state index contributed by atoms with van der Waals surface area (Å²) in [7, 11) is 0. The van der Waals surface area contributed by atoms with Crippen LogP contribution in [0, 0.1) is 0 Å². The number of carbonyl (C=O) groups is 2.